The molecule has 0 saturated carbocycles. The normalized spacial score (nSPS) is 12.0. The molecule has 0 fully saturated rings. The van der Waals surface area contributed by atoms with Crippen LogP contribution < -0.4 is 4.74 Å². The van der Waals surface area contributed by atoms with Crippen molar-refractivity contribution in [2.24, 2.45) is 0 Å². The fourth-order valence-corrected chi connectivity index (χ4v) is 3.01. The minimum atomic E-state index is 0.0392. The maximum atomic E-state index is 13.1. The van der Waals surface area contributed by atoms with E-state index in [9.17, 15) is 4.79 Å². The van der Waals surface area contributed by atoms with Crippen molar-refractivity contribution in [2.45, 2.75) is 46.7 Å². The highest BCUT2D eigenvalue weighted by Crippen LogP contribution is 2.27. The van der Waals surface area contributed by atoms with Crippen LogP contribution in [0.1, 0.15) is 54.8 Å². The van der Waals surface area contributed by atoms with Crippen molar-refractivity contribution in [2.75, 3.05) is 13.7 Å². The molecule has 0 aliphatic rings. The summed E-state index contributed by atoms with van der Waals surface area (Å²) in [5.41, 5.74) is 2.59. The molecule has 1 atom stereocenters. The molecule has 24 heavy (non-hydrogen) atoms. The quantitative estimate of drug-likeness (QED) is 0.775. The molecule has 1 aromatic heterocycles. The van der Waals surface area contributed by atoms with Crippen LogP contribution >= 0.6 is 0 Å². The van der Waals surface area contributed by atoms with Gasteiger partial charge in [0.15, 0.2) is 0 Å². The Labute approximate surface area is 144 Å². The lowest BCUT2D eigenvalue weighted by Gasteiger charge is -2.30. The Kier molecular flexibility index (Phi) is 6.01. The Hall–Kier alpha value is -2.30. The van der Waals surface area contributed by atoms with E-state index in [0.29, 0.717) is 12.1 Å². The largest absolute Gasteiger partial charge is 0.497 e. The van der Waals surface area contributed by atoms with Gasteiger partial charge in [-0.25, -0.2) is 0 Å². The molecule has 1 amide bonds. The third-order valence-electron chi connectivity index (χ3n) is 4.37. The van der Waals surface area contributed by atoms with Crippen LogP contribution in [-0.4, -0.2) is 34.2 Å². The number of benzene rings is 1. The van der Waals surface area contributed by atoms with Crippen LogP contribution in [0.15, 0.2) is 30.5 Å². The maximum Gasteiger partial charge on any atom is 0.257 e. The zero-order chi connectivity index (χ0) is 17.7. The first-order chi connectivity index (χ1) is 11.5. The Morgan fingerprint density at radius 3 is 2.38 bits per heavy atom. The topological polar surface area (TPSA) is 47.4 Å². The summed E-state index contributed by atoms with van der Waals surface area (Å²) in [4.78, 5) is 15.0. The number of ether oxygens (including phenoxy) is 1. The number of methoxy groups -OCH3 is 1. The van der Waals surface area contributed by atoms with Gasteiger partial charge in [-0.15, -0.1) is 0 Å². The highest BCUT2D eigenvalue weighted by molar-refractivity contribution is 5.95. The van der Waals surface area contributed by atoms with Crippen LogP contribution in [0, 0.1) is 6.92 Å². The zero-order valence-electron chi connectivity index (χ0n) is 15.2. The molecule has 1 aromatic carbocycles. The van der Waals surface area contributed by atoms with Crippen LogP contribution in [0.2, 0.25) is 0 Å². The highest BCUT2D eigenvalue weighted by Gasteiger charge is 2.26. The van der Waals surface area contributed by atoms with E-state index in [4.69, 9.17) is 4.74 Å². The van der Waals surface area contributed by atoms with Gasteiger partial charge in [-0.05, 0) is 44.9 Å². The molecule has 1 heterocycles. The highest BCUT2D eigenvalue weighted by atomic mass is 16.5. The summed E-state index contributed by atoms with van der Waals surface area (Å²) in [5, 5.41) is 4.40. The van der Waals surface area contributed by atoms with Gasteiger partial charge < -0.3 is 9.64 Å². The number of carbonyl (C=O) groups is 1. The SMILES string of the molecule is CCC(c1ccc(OC)cc1)N(CC)C(=O)c1cn(CC)nc1C. The van der Waals surface area contributed by atoms with Crippen molar-refractivity contribution >= 4 is 5.91 Å². The summed E-state index contributed by atoms with van der Waals surface area (Å²) in [6.45, 7) is 9.44. The Balaban J connectivity index is 2.32. The first kappa shape index (κ1) is 18.0. The molecule has 0 aliphatic heterocycles. The van der Waals surface area contributed by atoms with E-state index in [0.717, 1.165) is 30.0 Å². The number of nitrogens with zero attached hydrogens (tertiary/aromatic N) is 3. The Morgan fingerprint density at radius 2 is 1.92 bits per heavy atom. The molecular formula is C19H27N3O2. The van der Waals surface area contributed by atoms with E-state index in [2.05, 4.69) is 12.0 Å². The lowest BCUT2D eigenvalue weighted by molar-refractivity contribution is 0.0682. The molecule has 0 spiro atoms. The monoisotopic (exact) mass is 329 g/mol. The van der Waals surface area contributed by atoms with Gasteiger partial charge in [-0.1, -0.05) is 19.1 Å². The van der Waals surface area contributed by atoms with Crippen LogP contribution in [0.25, 0.3) is 0 Å². The van der Waals surface area contributed by atoms with Crippen molar-refractivity contribution in [1.29, 1.82) is 0 Å². The smallest absolute Gasteiger partial charge is 0.257 e. The van der Waals surface area contributed by atoms with Crippen molar-refractivity contribution in [3.05, 3.63) is 47.3 Å². The van der Waals surface area contributed by atoms with Gasteiger partial charge in [0.1, 0.15) is 5.75 Å². The molecule has 5 heteroatoms. The van der Waals surface area contributed by atoms with Gasteiger partial charge >= 0.3 is 0 Å². The van der Waals surface area contributed by atoms with Crippen LogP contribution in [-0.2, 0) is 6.54 Å². The molecule has 2 rings (SSSR count). The molecule has 0 N–H and O–H groups in total. The van der Waals surface area contributed by atoms with Crippen LogP contribution in [0.3, 0.4) is 0 Å². The number of aromatic nitrogens is 2. The number of rotatable bonds is 7. The molecule has 1 unspecified atom stereocenters. The van der Waals surface area contributed by atoms with Gasteiger partial charge in [0.2, 0.25) is 0 Å². The van der Waals surface area contributed by atoms with Gasteiger partial charge in [-0.3, -0.25) is 9.48 Å². The molecular weight excluding hydrogens is 302 g/mol. The van der Waals surface area contributed by atoms with Gasteiger partial charge in [0.25, 0.3) is 5.91 Å². The summed E-state index contributed by atoms with van der Waals surface area (Å²) >= 11 is 0. The molecule has 130 valence electrons. The van der Waals surface area contributed by atoms with Crippen LogP contribution in [0.5, 0.6) is 5.75 Å². The number of carbonyl (C=O) groups excluding carboxylic acids is 1. The first-order valence-electron chi connectivity index (χ1n) is 8.54. The second-order valence-corrected chi connectivity index (χ2v) is 5.77. The van der Waals surface area contributed by atoms with E-state index in [1.807, 2.05) is 60.8 Å². The Bertz CT molecular complexity index is 676. The molecule has 0 bridgehead atoms. The third kappa shape index (κ3) is 3.61. The summed E-state index contributed by atoms with van der Waals surface area (Å²) in [6.07, 6.45) is 2.70. The average Bonchev–Trinajstić information content (AvgIpc) is 3.00. The van der Waals surface area contributed by atoms with Gasteiger partial charge in [0, 0.05) is 19.3 Å². The Morgan fingerprint density at radius 1 is 1.25 bits per heavy atom. The van der Waals surface area contributed by atoms with E-state index in [-0.39, 0.29) is 11.9 Å². The zero-order valence-corrected chi connectivity index (χ0v) is 15.2. The number of amides is 1. The predicted molar refractivity (Wildman–Crippen MR) is 95.4 cm³/mol. The van der Waals surface area contributed by atoms with E-state index in [1.54, 1.807) is 7.11 Å². The second kappa shape index (κ2) is 7.99. The van der Waals surface area contributed by atoms with Crippen molar-refractivity contribution in [3.8, 4) is 5.75 Å². The fourth-order valence-electron chi connectivity index (χ4n) is 3.01. The predicted octanol–water partition coefficient (Wildman–Crippen LogP) is 3.83. The van der Waals surface area contributed by atoms with E-state index < -0.39 is 0 Å². The van der Waals surface area contributed by atoms with Gasteiger partial charge in [-0.2, -0.15) is 5.10 Å². The summed E-state index contributed by atoms with van der Waals surface area (Å²) in [5.74, 6) is 0.861. The van der Waals surface area contributed by atoms with E-state index in [1.165, 1.54) is 0 Å². The average molecular weight is 329 g/mol. The van der Waals surface area contributed by atoms with E-state index >= 15 is 0 Å². The molecule has 0 aliphatic carbocycles. The van der Waals surface area contributed by atoms with Gasteiger partial charge in [0.05, 0.1) is 24.4 Å². The third-order valence-corrected chi connectivity index (χ3v) is 4.37. The summed E-state index contributed by atoms with van der Waals surface area (Å²) in [7, 11) is 1.66. The molecule has 0 radical (unpaired) electrons. The minimum Gasteiger partial charge on any atom is -0.497 e. The lowest BCUT2D eigenvalue weighted by Crippen LogP contribution is -2.34. The first-order valence-corrected chi connectivity index (χ1v) is 8.54. The van der Waals surface area contributed by atoms with Crippen molar-refractivity contribution in [3.63, 3.8) is 0 Å². The second-order valence-electron chi connectivity index (χ2n) is 5.77. The molecule has 0 saturated heterocycles. The number of hydrogen-bond acceptors (Lipinski definition) is 3. The fraction of sp³-hybridized carbons (Fsp3) is 0.474. The lowest BCUT2D eigenvalue weighted by atomic mass is 10.0. The maximum absolute atomic E-state index is 13.1. The van der Waals surface area contributed by atoms with Crippen molar-refractivity contribution in [1.82, 2.24) is 14.7 Å². The molecule has 5 nitrogen and oxygen atoms in total. The number of hydrogen-bond donors (Lipinski definition) is 0. The standard InChI is InChI=1S/C19H27N3O2/c1-6-18(15-9-11-16(24-5)12-10-15)22(8-3)19(23)17-13-21(7-2)20-14(17)4/h9-13,18H,6-8H2,1-5H3. The summed E-state index contributed by atoms with van der Waals surface area (Å²) in [6, 6.07) is 7.99. The van der Waals surface area contributed by atoms with Crippen molar-refractivity contribution < 1.29 is 9.53 Å². The summed E-state index contributed by atoms with van der Waals surface area (Å²) < 4.78 is 7.04. The number of aryl methyl sites for hydroxylation is 2. The molecule has 2 aromatic rings. The minimum absolute atomic E-state index is 0.0392. The van der Waals surface area contributed by atoms with Crippen LogP contribution in [0.4, 0.5) is 0 Å².